The summed E-state index contributed by atoms with van der Waals surface area (Å²) in [6, 6.07) is 20.8. The number of aliphatic hydroxyl groups is 1. The number of hydrogen-bond acceptors (Lipinski definition) is 3. The number of aliphatic hydroxyl groups excluding tert-OH is 1. The lowest BCUT2D eigenvalue weighted by Crippen LogP contribution is -2.39. The lowest BCUT2D eigenvalue weighted by Gasteiger charge is -2.33. The summed E-state index contributed by atoms with van der Waals surface area (Å²) < 4.78 is 5.42. The van der Waals surface area contributed by atoms with Crippen LogP contribution in [0.4, 0.5) is 0 Å². The van der Waals surface area contributed by atoms with Crippen LogP contribution in [0.3, 0.4) is 0 Å². The van der Waals surface area contributed by atoms with Gasteiger partial charge in [0.05, 0.1) is 24.9 Å². The Morgan fingerprint density at radius 1 is 1.04 bits per heavy atom. The van der Waals surface area contributed by atoms with Gasteiger partial charge in [0.2, 0.25) is 0 Å². The van der Waals surface area contributed by atoms with Crippen molar-refractivity contribution in [3.63, 3.8) is 0 Å². The standard InChI is InChI=1S/C19H22ClNO2/c20-11-17(22)12-21(13-18-14-23-18)19(15-7-3-1-4-8-15)16-9-5-2-6-10-16/h1-10,17-19,22H,11-14H2. The molecule has 2 aromatic rings. The fourth-order valence-corrected chi connectivity index (χ4v) is 3.02. The predicted octanol–water partition coefficient (Wildman–Crippen LogP) is 3.08. The van der Waals surface area contributed by atoms with Crippen molar-refractivity contribution in [2.24, 2.45) is 0 Å². The van der Waals surface area contributed by atoms with Gasteiger partial charge in [0.25, 0.3) is 0 Å². The summed E-state index contributed by atoms with van der Waals surface area (Å²) >= 11 is 5.84. The minimum atomic E-state index is -0.551. The number of halogens is 1. The Morgan fingerprint density at radius 3 is 2.00 bits per heavy atom. The molecule has 2 aromatic carbocycles. The molecule has 0 spiro atoms. The van der Waals surface area contributed by atoms with Crippen LogP contribution < -0.4 is 0 Å². The van der Waals surface area contributed by atoms with Crippen molar-refractivity contribution in [1.29, 1.82) is 0 Å². The van der Waals surface area contributed by atoms with Gasteiger partial charge in [-0.2, -0.15) is 0 Å². The van der Waals surface area contributed by atoms with E-state index in [0.717, 1.165) is 13.2 Å². The topological polar surface area (TPSA) is 36.0 Å². The second kappa shape index (κ2) is 7.93. The second-order valence-corrected chi connectivity index (χ2v) is 6.25. The molecule has 0 saturated carbocycles. The average Bonchev–Trinajstić information content (AvgIpc) is 3.41. The molecule has 1 saturated heterocycles. The van der Waals surface area contributed by atoms with E-state index in [2.05, 4.69) is 53.4 Å². The molecule has 23 heavy (non-hydrogen) atoms. The van der Waals surface area contributed by atoms with Crippen LogP contribution in [0.1, 0.15) is 17.2 Å². The highest BCUT2D eigenvalue weighted by Crippen LogP contribution is 2.30. The Morgan fingerprint density at radius 2 is 1.57 bits per heavy atom. The molecule has 2 unspecified atom stereocenters. The molecule has 1 aliphatic rings. The van der Waals surface area contributed by atoms with Crippen LogP contribution in [0.15, 0.2) is 60.7 Å². The van der Waals surface area contributed by atoms with E-state index in [0.29, 0.717) is 6.54 Å². The molecule has 1 fully saturated rings. The smallest absolute Gasteiger partial charge is 0.0936 e. The first kappa shape index (κ1) is 16.5. The molecule has 3 nitrogen and oxygen atoms in total. The first-order valence-electron chi connectivity index (χ1n) is 7.97. The summed E-state index contributed by atoms with van der Waals surface area (Å²) in [6.45, 7) is 2.12. The number of nitrogens with zero attached hydrogens (tertiary/aromatic N) is 1. The highest BCUT2D eigenvalue weighted by Gasteiger charge is 2.31. The van der Waals surface area contributed by atoms with Crippen LogP contribution in [0.2, 0.25) is 0 Å². The van der Waals surface area contributed by atoms with Crippen LogP contribution in [0, 0.1) is 0 Å². The largest absolute Gasteiger partial charge is 0.391 e. The molecule has 4 heteroatoms. The van der Waals surface area contributed by atoms with E-state index >= 15 is 0 Å². The van der Waals surface area contributed by atoms with Crippen molar-refractivity contribution in [3.8, 4) is 0 Å². The lowest BCUT2D eigenvalue weighted by atomic mass is 9.96. The highest BCUT2D eigenvalue weighted by atomic mass is 35.5. The summed E-state index contributed by atoms with van der Waals surface area (Å²) in [7, 11) is 0. The molecule has 0 aromatic heterocycles. The fourth-order valence-electron chi connectivity index (χ4n) is 2.92. The molecule has 1 heterocycles. The molecule has 0 aliphatic carbocycles. The molecule has 2 atom stereocenters. The molecule has 0 bridgehead atoms. The summed E-state index contributed by atoms with van der Waals surface area (Å²) in [6.07, 6.45) is -0.294. The van der Waals surface area contributed by atoms with E-state index in [-0.39, 0.29) is 18.0 Å². The van der Waals surface area contributed by atoms with Gasteiger partial charge >= 0.3 is 0 Å². The van der Waals surface area contributed by atoms with Gasteiger partial charge in [-0.05, 0) is 11.1 Å². The number of epoxide rings is 1. The Labute approximate surface area is 142 Å². The van der Waals surface area contributed by atoms with E-state index in [9.17, 15) is 5.11 Å². The van der Waals surface area contributed by atoms with Crippen molar-refractivity contribution < 1.29 is 9.84 Å². The fraction of sp³-hybridized carbons (Fsp3) is 0.368. The van der Waals surface area contributed by atoms with Gasteiger partial charge in [-0.25, -0.2) is 0 Å². The predicted molar refractivity (Wildman–Crippen MR) is 92.8 cm³/mol. The lowest BCUT2D eigenvalue weighted by molar-refractivity contribution is 0.104. The third kappa shape index (κ3) is 4.55. The maximum absolute atomic E-state index is 10.1. The Hall–Kier alpha value is -1.39. The minimum absolute atomic E-state index is 0.0828. The second-order valence-electron chi connectivity index (χ2n) is 5.94. The zero-order chi connectivity index (χ0) is 16.1. The maximum atomic E-state index is 10.1. The van der Waals surface area contributed by atoms with E-state index in [1.54, 1.807) is 0 Å². The molecule has 3 rings (SSSR count). The Balaban J connectivity index is 1.93. The zero-order valence-electron chi connectivity index (χ0n) is 13.0. The van der Waals surface area contributed by atoms with Gasteiger partial charge in [-0.15, -0.1) is 11.6 Å². The molecule has 1 aliphatic heterocycles. The Bertz CT molecular complexity index is 549. The number of alkyl halides is 1. The van der Waals surface area contributed by atoms with Gasteiger partial charge in [-0.1, -0.05) is 60.7 Å². The summed E-state index contributed by atoms with van der Waals surface area (Å²) in [4.78, 5) is 2.27. The van der Waals surface area contributed by atoms with Gasteiger partial charge < -0.3 is 9.84 Å². The minimum Gasteiger partial charge on any atom is -0.391 e. The third-order valence-electron chi connectivity index (χ3n) is 4.06. The van der Waals surface area contributed by atoms with Crippen LogP contribution in [0.25, 0.3) is 0 Å². The SMILES string of the molecule is OC(CCl)CN(CC1CO1)C(c1ccccc1)c1ccccc1. The number of ether oxygens (including phenoxy) is 1. The first-order chi connectivity index (χ1) is 11.3. The van der Waals surface area contributed by atoms with Gasteiger partial charge in [-0.3, -0.25) is 4.90 Å². The van der Waals surface area contributed by atoms with Crippen molar-refractivity contribution >= 4 is 11.6 Å². The molecular formula is C19H22ClNO2. The average molecular weight is 332 g/mol. The van der Waals surface area contributed by atoms with E-state index < -0.39 is 6.10 Å². The van der Waals surface area contributed by atoms with Crippen LogP contribution in [0.5, 0.6) is 0 Å². The number of hydrogen-bond donors (Lipinski definition) is 1. The maximum Gasteiger partial charge on any atom is 0.0936 e. The molecular weight excluding hydrogens is 310 g/mol. The molecule has 0 radical (unpaired) electrons. The normalized spacial score (nSPS) is 18.3. The quantitative estimate of drug-likeness (QED) is 0.596. The van der Waals surface area contributed by atoms with E-state index in [1.807, 2.05) is 12.1 Å². The van der Waals surface area contributed by atoms with Gasteiger partial charge in [0.15, 0.2) is 0 Å². The third-order valence-corrected chi connectivity index (χ3v) is 4.42. The van der Waals surface area contributed by atoms with Crippen molar-refractivity contribution in [3.05, 3.63) is 71.8 Å². The van der Waals surface area contributed by atoms with E-state index in [1.165, 1.54) is 11.1 Å². The van der Waals surface area contributed by atoms with Crippen LogP contribution in [-0.4, -0.2) is 47.8 Å². The van der Waals surface area contributed by atoms with Crippen LogP contribution >= 0.6 is 11.6 Å². The summed E-state index contributed by atoms with van der Waals surface area (Å²) in [5.41, 5.74) is 2.42. The highest BCUT2D eigenvalue weighted by molar-refractivity contribution is 6.18. The van der Waals surface area contributed by atoms with Gasteiger partial charge in [0, 0.05) is 19.0 Å². The van der Waals surface area contributed by atoms with Crippen LogP contribution in [-0.2, 0) is 4.74 Å². The van der Waals surface area contributed by atoms with Crippen molar-refractivity contribution in [1.82, 2.24) is 4.90 Å². The van der Waals surface area contributed by atoms with Crippen molar-refractivity contribution in [2.75, 3.05) is 25.6 Å². The zero-order valence-corrected chi connectivity index (χ0v) is 13.8. The van der Waals surface area contributed by atoms with Crippen molar-refractivity contribution in [2.45, 2.75) is 18.2 Å². The van der Waals surface area contributed by atoms with E-state index in [4.69, 9.17) is 16.3 Å². The summed E-state index contributed by atoms with van der Waals surface area (Å²) in [5.74, 6) is 0.234. The first-order valence-corrected chi connectivity index (χ1v) is 8.51. The molecule has 0 amide bonds. The number of rotatable bonds is 8. The van der Waals surface area contributed by atoms with Gasteiger partial charge in [0.1, 0.15) is 0 Å². The molecule has 122 valence electrons. The Kier molecular flexibility index (Phi) is 5.68. The summed E-state index contributed by atoms with van der Waals surface area (Å²) in [5, 5.41) is 10.1. The monoisotopic (exact) mass is 331 g/mol. The molecule has 1 N–H and O–H groups in total. The number of benzene rings is 2.